The third-order valence-corrected chi connectivity index (χ3v) is 6.32. The number of anilines is 2. The smallest absolute Gasteiger partial charge is 0.308 e. The molecule has 0 radical (unpaired) electrons. The van der Waals surface area contributed by atoms with Crippen LogP contribution in [0.1, 0.15) is 45.8 Å². The van der Waals surface area contributed by atoms with E-state index in [-0.39, 0.29) is 17.7 Å². The summed E-state index contributed by atoms with van der Waals surface area (Å²) in [5, 5.41) is 12.1. The van der Waals surface area contributed by atoms with Crippen molar-refractivity contribution >= 4 is 39.9 Å². The van der Waals surface area contributed by atoms with E-state index in [1.807, 2.05) is 32.0 Å². The lowest BCUT2D eigenvalue weighted by molar-refractivity contribution is -0.131. The molecule has 1 aliphatic heterocycles. The fraction of sp³-hybridized carbons (Fsp3) is 0.261. The number of nitrogens with zero attached hydrogens (tertiary/aromatic N) is 3. The third kappa shape index (κ3) is 4.67. The molecule has 0 spiro atoms. The molecule has 0 unspecified atom stereocenters. The number of esters is 1. The molecule has 1 fully saturated rings. The van der Waals surface area contributed by atoms with Crippen LogP contribution in [0, 0.1) is 13.8 Å². The van der Waals surface area contributed by atoms with Crippen LogP contribution in [0.2, 0.25) is 0 Å². The molecule has 0 saturated carbocycles. The van der Waals surface area contributed by atoms with Gasteiger partial charge in [-0.15, -0.1) is 10.2 Å². The number of ether oxygens (including phenoxy) is 1. The van der Waals surface area contributed by atoms with Gasteiger partial charge in [-0.05, 0) is 61.4 Å². The predicted molar refractivity (Wildman–Crippen MR) is 121 cm³/mol. The second kappa shape index (κ2) is 8.88. The van der Waals surface area contributed by atoms with Crippen molar-refractivity contribution in [1.82, 2.24) is 10.2 Å². The molecule has 3 aromatic rings. The summed E-state index contributed by atoms with van der Waals surface area (Å²) < 4.78 is 4.97. The SMILES string of the molecule is CC(=O)Oc1ccc(C(=O)Nc2nnc([C@H]3CC(=O)N(c4ccc(C)c(C)c4)C3)s2)cc1. The number of carbonyl (C=O) groups is 3. The lowest BCUT2D eigenvalue weighted by atomic mass is 10.1. The molecule has 2 aromatic carbocycles. The topological polar surface area (TPSA) is 101 Å². The number of hydrogen-bond donors (Lipinski definition) is 1. The Bertz CT molecular complexity index is 1190. The highest BCUT2D eigenvalue weighted by atomic mass is 32.1. The maximum absolute atomic E-state index is 12.6. The summed E-state index contributed by atoms with van der Waals surface area (Å²) in [6.07, 6.45) is 0.354. The first-order valence-electron chi connectivity index (χ1n) is 10.1. The van der Waals surface area contributed by atoms with Crippen LogP contribution in [0.15, 0.2) is 42.5 Å². The number of carbonyl (C=O) groups excluding carboxylic acids is 3. The van der Waals surface area contributed by atoms with E-state index in [0.29, 0.717) is 34.4 Å². The average Bonchev–Trinajstić information content (AvgIpc) is 3.36. The average molecular weight is 451 g/mol. The van der Waals surface area contributed by atoms with Crippen LogP contribution in [-0.2, 0) is 9.59 Å². The summed E-state index contributed by atoms with van der Waals surface area (Å²) in [5.41, 5.74) is 3.61. The minimum Gasteiger partial charge on any atom is -0.427 e. The van der Waals surface area contributed by atoms with Crippen molar-refractivity contribution in [3.8, 4) is 5.75 Å². The maximum Gasteiger partial charge on any atom is 0.308 e. The lowest BCUT2D eigenvalue weighted by Gasteiger charge is -2.17. The molecule has 1 aliphatic rings. The van der Waals surface area contributed by atoms with Crippen LogP contribution in [0.25, 0.3) is 0 Å². The molecule has 1 atom stereocenters. The second-order valence-corrected chi connectivity index (χ2v) is 8.70. The van der Waals surface area contributed by atoms with Gasteiger partial charge < -0.3 is 9.64 Å². The number of aromatic nitrogens is 2. The standard InChI is InChI=1S/C23H22N4O4S/c1-13-4-7-18(10-14(13)2)27-12-17(11-20(27)29)22-25-26-23(32-22)24-21(30)16-5-8-19(9-6-16)31-15(3)28/h4-10,17H,11-12H2,1-3H3,(H,24,26,30)/t17-/m0/s1. The highest BCUT2D eigenvalue weighted by Crippen LogP contribution is 2.34. The molecule has 9 heteroatoms. The monoisotopic (exact) mass is 450 g/mol. The molecular formula is C23H22N4O4S. The Morgan fingerprint density at radius 2 is 1.84 bits per heavy atom. The zero-order chi connectivity index (χ0) is 22.8. The van der Waals surface area contributed by atoms with E-state index in [0.717, 1.165) is 11.3 Å². The van der Waals surface area contributed by atoms with Crippen molar-refractivity contribution in [2.45, 2.75) is 33.1 Å². The largest absolute Gasteiger partial charge is 0.427 e. The molecule has 32 heavy (non-hydrogen) atoms. The molecule has 2 heterocycles. The van der Waals surface area contributed by atoms with Crippen LogP contribution in [0.5, 0.6) is 5.75 Å². The van der Waals surface area contributed by atoms with E-state index in [9.17, 15) is 14.4 Å². The van der Waals surface area contributed by atoms with Crippen molar-refractivity contribution in [3.05, 3.63) is 64.2 Å². The number of amides is 2. The van der Waals surface area contributed by atoms with Crippen LogP contribution in [-0.4, -0.2) is 34.5 Å². The molecule has 4 rings (SSSR count). The fourth-order valence-electron chi connectivity index (χ4n) is 3.48. The highest BCUT2D eigenvalue weighted by Gasteiger charge is 2.34. The highest BCUT2D eigenvalue weighted by molar-refractivity contribution is 7.15. The second-order valence-electron chi connectivity index (χ2n) is 7.69. The van der Waals surface area contributed by atoms with E-state index < -0.39 is 5.97 Å². The summed E-state index contributed by atoms with van der Waals surface area (Å²) in [6.45, 7) is 5.91. The summed E-state index contributed by atoms with van der Waals surface area (Å²) in [7, 11) is 0. The molecule has 164 valence electrons. The van der Waals surface area contributed by atoms with Crippen LogP contribution >= 0.6 is 11.3 Å². The molecular weight excluding hydrogens is 428 g/mol. The summed E-state index contributed by atoms with van der Waals surface area (Å²) in [6, 6.07) is 12.2. The number of hydrogen-bond acceptors (Lipinski definition) is 7. The fourth-order valence-corrected chi connectivity index (χ4v) is 4.31. The zero-order valence-electron chi connectivity index (χ0n) is 17.9. The van der Waals surface area contributed by atoms with Gasteiger partial charge in [-0.3, -0.25) is 19.7 Å². The molecule has 1 saturated heterocycles. The Balaban J connectivity index is 1.41. The van der Waals surface area contributed by atoms with Gasteiger partial charge in [0, 0.05) is 37.1 Å². The molecule has 0 bridgehead atoms. The summed E-state index contributed by atoms with van der Waals surface area (Å²) in [4.78, 5) is 37.9. The minimum atomic E-state index is -0.426. The van der Waals surface area contributed by atoms with Gasteiger partial charge in [-0.1, -0.05) is 17.4 Å². The number of rotatable bonds is 5. The van der Waals surface area contributed by atoms with E-state index >= 15 is 0 Å². The first-order chi connectivity index (χ1) is 15.3. The van der Waals surface area contributed by atoms with Crippen LogP contribution < -0.4 is 15.0 Å². The van der Waals surface area contributed by atoms with Gasteiger partial charge in [0.05, 0.1) is 0 Å². The van der Waals surface area contributed by atoms with Crippen molar-refractivity contribution in [1.29, 1.82) is 0 Å². The minimum absolute atomic E-state index is 0.0481. The Morgan fingerprint density at radius 3 is 2.53 bits per heavy atom. The van der Waals surface area contributed by atoms with Gasteiger partial charge in [0.15, 0.2) is 0 Å². The number of aryl methyl sites for hydroxylation is 2. The van der Waals surface area contributed by atoms with Gasteiger partial charge in [0.1, 0.15) is 10.8 Å². The molecule has 8 nitrogen and oxygen atoms in total. The molecule has 1 N–H and O–H groups in total. The number of benzene rings is 2. The number of nitrogens with one attached hydrogen (secondary N) is 1. The Kier molecular flexibility index (Phi) is 6.00. The third-order valence-electron chi connectivity index (χ3n) is 5.32. The molecule has 2 amide bonds. The van der Waals surface area contributed by atoms with Crippen molar-refractivity contribution in [2.75, 3.05) is 16.8 Å². The molecule has 1 aromatic heterocycles. The van der Waals surface area contributed by atoms with E-state index in [2.05, 4.69) is 15.5 Å². The lowest BCUT2D eigenvalue weighted by Crippen LogP contribution is -2.24. The van der Waals surface area contributed by atoms with Gasteiger partial charge in [-0.2, -0.15) is 0 Å². The van der Waals surface area contributed by atoms with Gasteiger partial charge in [0.2, 0.25) is 11.0 Å². The Hall–Kier alpha value is -3.59. The van der Waals surface area contributed by atoms with E-state index in [4.69, 9.17) is 4.74 Å². The molecule has 0 aliphatic carbocycles. The summed E-state index contributed by atoms with van der Waals surface area (Å²) in [5.74, 6) is -0.431. The van der Waals surface area contributed by atoms with Crippen molar-refractivity contribution in [2.24, 2.45) is 0 Å². The maximum atomic E-state index is 12.6. The Labute approximate surface area is 189 Å². The zero-order valence-corrected chi connectivity index (χ0v) is 18.7. The van der Waals surface area contributed by atoms with Crippen molar-refractivity contribution in [3.63, 3.8) is 0 Å². The quantitative estimate of drug-likeness (QED) is 0.468. The van der Waals surface area contributed by atoms with Gasteiger partial charge >= 0.3 is 5.97 Å². The first kappa shape index (κ1) is 21.6. The normalized spacial score (nSPS) is 15.7. The van der Waals surface area contributed by atoms with Gasteiger partial charge in [0.25, 0.3) is 5.91 Å². The van der Waals surface area contributed by atoms with Crippen LogP contribution in [0.3, 0.4) is 0 Å². The predicted octanol–water partition coefficient (Wildman–Crippen LogP) is 3.85. The first-order valence-corrected chi connectivity index (χ1v) is 10.9. The van der Waals surface area contributed by atoms with Gasteiger partial charge in [-0.25, -0.2) is 0 Å². The summed E-state index contributed by atoms with van der Waals surface area (Å²) >= 11 is 1.27. The Morgan fingerprint density at radius 1 is 1.09 bits per heavy atom. The van der Waals surface area contributed by atoms with E-state index in [1.165, 1.54) is 23.8 Å². The van der Waals surface area contributed by atoms with E-state index in [1.54, 1.807) is 29.2 Å². The van der Waals surface area contributed by atoms with Crippen molar-refractivity contribution < 1.29 is 19.1 Å². The van der Waals surface area contributed by atoms with Crippen LogP contribution in [0.4, 0.5) is 10.8 Å².